The van der Waals surface area contributed by atoms with Crippen LogP contribution in [-0.4, -0.2) is 21.1 Å². The van der Waals surface area contributed by atoms with E-state index in [2.05, 4.69) is 7.87 Å². The summed E-state index contributed by atoms with van der Waals surface area (Å²) >= 11 is -0.727. The van der Waals surface area contributed by atoms with Gasteiger partial charge in [0, 0.05) is 0 Å². The predicted molar refractivity (Wildman–Crippen MR) is 23.4 cm³/mol. The third kappa shape index (κ3) is 3.92. The zero-order valence-electron chi connectivity index (χ0n) is 2.65. The molecule has 0 saturated heterocycles. The van der Waals surface area contributed by atoms with Crippen LogP contribution in [0.2, 0.25) is 0 Å². The molecule has 0 spiro atoms. The van der Waals surface area contributed by atoms with Crippen molar-refractivity contribution in [1.29, 1.82) is 0 Å². The van der Waals surface area contributed by atoms with E-state index >= 15 is 0 Å². The van der Waals surface area contributed by atoms with Gasteiger partial charge in [0.25, 0.3) is 0 Å². The molecule has 0 aromatic heterocycles. The van der Waals surface area contributed by atoms with Gasteiger partial charge in [-0.25, -0.2) is 0 Å². The Kier molecular flexibility index (Phi) is 3.85. The molecule has 0 nitrogen and oxygen atoms in total. The van der Waals surface area contributed by atoms with Crippen LogP contribution in [0.1, 0.15) is 0 Å². The molecule has 0 rings (SSSR count). The molecular formula is C4H2Sn. The summed E-state index contributed by atoms with van der Waals surface area (Å²) < 4.78 is 4.90. The molecule has 0 saturated carbocycles. The van der Waals surface area contributed by atoms with E-state index in [9.17, 15) is 0 Å². The van der Waals surface area contributed by atoms with Crippen molar-refractivity contribution in [2.45, 2.75) is 0 Å². The van der Waals surface area contributed by atoms with Crippen LogP contribution >= 0.6 is 0 Å². The first kappa shape index (κ1) is 4.92. The van der Waals surface area contributed by atoms with Crippen molar-refractivity contribution in [2.24, 2.45) is 0 Å². The summed E-state index contributed by atoms with van der Waals surface area (Å²) in [4.78, 5) is 0. The normalized spacial score (nSPS) is 4.40. The second kappa shape index (κ2) is 3.92. The molecule has 0 heterocycles. The van der Waals surface area contributed by atoms with Crippen LogP contribution < -0.4 is 0 Å². The fourth-order valence-electron chi connectivity index (χ4n) is 0.0417. The molecule has 0 fully saturated rings. The molecule has 22 valence electrons. The van der Waals surface area contributed by atoms with Gasteiger partial charge < -0.3 is 0 Å². The van der Waals surface area contributed by atoms with Crippen molar-refractivity contribution in [2.75, 3.05) is 0 Å². The molecule has 0 aliphatic rings. The molecular weight excluding hydrogens is 167 g/mol. The van der Waals surface area contributed by atoms with Crippen LogP contribution in [0.25, 0.3) is 0 Å². The Morgan fingerprint density at radius 1 is 1.20 bits per heavy atom. The molecule has 2 radical (unpaired) electrons. The van der Waals surface area contributed by atoms with Crippen LogP contribution in [-0.2, 0) is 0 Å². The molecule has 0 aliphatic heterocycles. The average molecular weight is 169 g/mol. The second-order valence-electron chi connectivity index (χ2n) is 0.414. The summed E-state index contributed by atoms with van der Waals surface area (Å²) in [6, 6.07) is 0. The van der Waals surface area contributed by atoms with E-state index in [1.165, 1.54) is 0 Å². The first-order chi connectivity index (χ1) is 2.41. The molecule has 0 bridgehead atoms. The fourth-order valence-corrected chi connectivity index (χ4v) is 0.280. The maximum atomic E-state index is 4.82. The third-order valence-corrected chi connectivity index (χ3v) is 0.968. The summed E-state index contributed by atoms with van der Waals surface area (Å²) in [6.07, 6.45) is 9.64. The maximum absolute atomic E-state index is 4.82. The van der Waals surface area contributed by atoms with Gasteiger partial charge in [-0.2, -0.15) is 0 Å². The Morgan fingerprint density at radius 3 is 1.60 bits per heavy atom. The van der Waals surface area contributed by atoms with E-state index in [0.717, 1.165) is 0 Å². The molecule has 0 amide bonds. The second-order valence-corrected chi connectivity index (χ2v) is 2.78. The zero-order valence-corrected chi connectivity index (χ0v) is 5.51. The Labute approximate surface area is 42.2 Å². The third-order valence-electron chi connectivity index (χ3n) is 0.144. The van der Waals surface area contributed by atoms with Gasteiger partial charge in [-0.1, -0.05) is 0 Å². The van der Waals surface area contributed by atoms with Crippen molar-refractivity contribution in [3.8, 4) is 20.7 Å². The Hall–Kier alpha value is -0.0813. The Bertz CT molecular complexity index is 68.8. The summed E-state index contributed by atoms with van der Waals surface area (Å²) in [5, 5.41) is 0. The quantitative estimate of drug-likeness (QED) is 0.350. The molecule has 0 unspecified atom stereocenters. The molecule has 5 heavy (non-hydrogen) atoms. The molecule has 0 aromatic carbocycles. The predicted octanol–water partition coefficient (Wildman–Crippen LogP) is -0.128. The van der Waals surface area contributed by atoms with Gasteiger partial charge in [-0.15, -0.1) is 0 Å². The monoisotopic (exact) mass is 170 g/mol. The van der Waals surface area contributed by atoms with Crippen molar-refractivity contribution in [3.63, 3.8) is 0 Å². The Balaban J connectivity index is 2.86. The first-order valence-corrected chi connectivity index (χ1v) is 3.93. The molecule has 0 atom stereocenters. The fraction of sp³-hybridized carbons (Fsp3) is 0. The number of rotatable bonds is 0. The molecule has 0 aromatic rings. The first-order valence-electron chi connectivity index (χ1n) is 1.08. The van der Waals surface area contributed by atoms with Gasteiger partial charge in [0.05, 0.1) is 0 Å². The van der Waals surface area contributed by atoms with Gasteiger partial charge in [0.2, 0.25) is 0 Å². The van der Waals surface area contributed by atoms with Gasteiger partial charge in [0.15, 0.2) is 0 Å². The standard InChI is InChI=1S/2C2H.Sn/c2*1-2;/h2*1H;. The van der Waals surface area contributed by atoms with Crippen LogP contribution in [0.4, 0.5) is 0 Å². The summed E-state index contributed by atoms with van der Waals surface area (Å²) in [5.41, 5.74) is 0. The van der Waals surface area contributed by atoms with E-state index in [-0.39, 0.29) is 0 Å². The minimum atomic E-state index is -0.727. The van der Waals surface area contributed by atoms with Crippen LogP contribution in [0.5, 0.6) is 0 Å². The number of hydrogen-bond acceptors (Lipinski definition) is 0. The van der Waals surface area contributed by atoms with Gasteiger partial charge >= 0.3 is 41.9 Å². The zero-order chi connectivity index (χ0) is 4.12. The molecule has 0 N–H and O–H groups in total. The van der Waals surface area contributed by atoms with Crippen molar-refractivity contribution in [1.82, 2.24) is 0 Å². The van der Waals surface area contributed by atoms with E-state index in [1.807, 2.05) is 0 Å². The van der Waals surface area contributed by atoms with Crippen molar-refractivity contribution < 1.29 is 0 Å². The Morgan fingerprint density at radius 2 is 1.60 bits per heavy atom. The van der Waals surface area contributed by atoms with E-state index in [1.54, 1.807) is 0 Å². The summed E-state index contributed by atoms with van der Waals surface area (Å²) in [6.45, 7) is 0. The molecule has 1 heteroatoms. The SMILES string of the molecule is C#[C][Sn][C]#C. The van der Waals surface area contributed by atoms with Crippen LogP contribution in [0.15, 0.2) is 0 Å². The van der Waals surface area contributed by atoms with Crippen molar-refractivity contribution in [3.05, 3.63) is 0 Å². The van der Waals surface area contributed by atoms with E-state index in [4.69, 9.17) is 12.8 Å². The van der Waals surface area contributed by atoms with Gasteiger partial charge in [-0.3, -0.25) is 0 Å². The van der Waals surface area contributed by atoms with E-state index < -0.39 is 21.1 Å². The van der Waals surface area contributed by atoms with Gasteiger partial charge in [-0.05, 0) is 0 Å². The minimum absolute atomic E-state index is 0.727. The topological polar surface area (TPSA) is 0 Å². The number of hydrogen-bond donors (Lipinski definition) is 0. The average Bonchev–Trinajstić information content (AvgIpc) is 1.41. The molecule has 0 aliphatic carbocycles. The van der Waals surface area contributed by atoms with Crippen LogP contribution in [0, 0.1) is 20.7 Å². The number of terminal acetylenes is 2. The van der Waals surface area contributed by atoms with Crippen molar-refractivity contribution >= 4 is 21.1 Å². The van der Waals surface area contributed by atoms with E-state index in [0.29, 0.717) is 0 Å². The summed E-state index contributed by atoms with van der Waals surface area (Å²) in [5.74, 6) is 0. The van der Waals surface area contributed by atoms with Crippen LogP contribution in [0.3, 0.4) is 0 Å². The summed E-state index contributed by atoms with van der Waals surface area (Å²) in [7, 11) is 0. The van der Waals surface area contributed by atoms with Gasteiger partial charge in [0.1, 0.15) is 0 Å².